The van der Waals surface area contributed by atoms with Gasteiger partial charge in [0.25, 0.3) is 5.91 Å². The number of rotatable bonds is 5. The maximum atomic E-state index is 13.0. The summed E-state index contributed by atoms with van der Waals surface area (Å²) in [6.07, 6.45) is 0. The summed E-state index contributed by atoms with van der Waals surface area (Å²) in [5.41, 5.74) is 2.22. The van der Waals surface area contributed by atoms with Crippen LogP contribution in [0.25, 0.3) is 10.9 Å². The van der Waals surface area contributed by atoms with Gasteiger partial charge in [0.15, 0.2) is 0 Å². The predicted molar refractivity (Wildman–Crippen MR) is 109 cm³/mol. The zero-order valence-corrected chi connectivity index (χ0v) is 16.2. The minimum Gasteiger partial charge on any atom is -0.497 e. The Bertz CT molecular complexity index is 1030. The zero-order chi connectivity index (χ0) is 20.4. The van der Waals surface area contributed by atoms with Crippen LogP contribution in [0.1, 0.15) is 16.1 Å². The summed E-state index contributed by atoms with van der Waals surface area (Å²) in [6, 6.07) is 16.5. The zero-order valence-electron chi connectivity index (χ0n) is 16.2. The van der Waals surface area contributed by atoms with Crippen LogP contribution >= 0.6 is 0 Å². The van der Waals surface area contributed by atoms with Crippen LogP contribution in [-0.2, 0) is 11.3 Å². The van der Waals surface area contributed by atoms with Crippen molar-refractivity contribution < 1.29 is 19.4 Å². The Balaban J connectivity index is 1.52. The standard InChI is InChI=1S/C22H23N3O4/c1-29-18-7-8-19-16(9-18)10-20(23-19)22(28)24-12-17(14-26)25(21(27)13-24)11-15-5-3-2-4-6-15/h2-10,17,23,26H,11-14H2,1H3/t17-/m1/s1. The first-order valence-corrected chi connectivity index (χ1v) is 9.49. The average Bonchev–Trinajstić information content (AvgIpc) is 3.18. The molecule has 1 aliphatic rings. The third kappa shape index (κ3) is 3.82. The van der Waals surface area contributed by atoms with Crippen molar-refractivity contribution in [3.05, 3.63) is 65.9 Å². The van der Waals surface area contributed by atoms with E-state index in [0.717, 1.165) is 16.5 Å². The van der Waals surface area contributed by atoms with Crippen LogP contribution in [-0.4, -0.2) is 64.6 Å². The molecule has 1 saturated heterocycles. The molecule has 3 aromatic rings. The first-order chi connectivity index (χ1) is 14.1. The minimum atomic E-state index is -0.440. The summed E-state index contributed by atoms with van der Waals surface area (Å²) in [5, 5.41) is 10.7. The highest BCUT2D eigenvalue weighted by molar-refractivity contribution is 6.00. The van der Waals surface area contributed by atoms with Crippen molar-refractivity contribution in [2.24, 2.45) is 0 Å². The van der Waals surface area contributed by atoms with Gasteiger partial charge in [-0.1, -0.05) is 30.3 Å². The molecule has 0 aliphatic carbocycles. The highest BCUT2D eigenvalue weighted by Gasteiger charge is 2.35. The highest BCUT2D eigenvalue weighted by atomic mass is 16.5. The Kier molecular flexibility index (Phi) is 5.22. The number of aromatic nitrogens is 1. The summed E-state index contributed by atoms with van der Waals surface area (Å²) >= 11 is 0. The average molecular weight is 393 g/mol. The molecule has 1 aromatic heterocycles. The molecule has 2 N–H and O–H groups in total. The molecule has 1 fully saturated rings. The molecule has 2 aromatic carbocycles. The first-order valence-electron chi connectivity index (χ1n) is 9.49. The maximum absolute atomic E-state index is 13.0. The summed E-state index contributed by atoms with van der Waals surface area (Å²) in [7, 11) is 1.59. The molecular formula is C22H23N3O4. The number of fused-ring (bicyclic) bond motifs is 1. The normalized spacial score (nSPS) is 17.0. The number of carbonyl (C=O) groups is 2. The largest absolute Gasteiger partial charge is 0.497 e. The minimum absolute atomic E-state index is 0.0130. The van der Waals surface area contributed by atoms with E-state index >= 15 is 0 Å². The number of benzene rings is 2. The molecule has 0 saturated carbocycles. The number of aliphatic hydroxyl groups excluding tert-OH is 1. The van der Waals surface area contributed by atoms with E-state index in [9.17, 15) is 14.7 Å². The second-order valence-corrected chi connectivity index (χ2v) is 7.17. The Morgan fingerprint density at radius 1 is 1.21 bits per heavy atom. The number of nitrogens with zero attached hydrogens (tertiary/aromatic N) is 2. The van der Waals surface area contributed by atoms with E-state index in [1.165, 1.54) is 4.90 Å². The molecule has 7 nitrogen and oxygen atoms in total. The molecule has 2 amide bonds. The maximum Gasteiger partial charge on any atom is 0.270 e. The van der Waals surface area contributed by atoms with Gasteiger partial charge in [-0.2, -0.15) is 0 Å². The third-order valence-corrected chi connectivity index (χ3v) is 5.27. The van der Waals surface area contributed by atoms with E-state index in [2.05, 4.69) is 4.98 Å². The van der Waals surface area contributed by atoms with Crippen LogP contribution < -0.4 is 4.74 Å². The van der Waals surface area contributed by atoms with E-state index < -0.39 is 6.04 Å². The van der Waals surface area contributed by atoms with Gasteiger partial charge < -0.3 is 24.6 Å². The van der Waals surface area contributed by atoms with Crippen LogP contribution in [0.15, 0.2) is 54.6 Å². The molecule has 0 unspecified atom stereocenters. The fraction of sp³-hybridized carbons (Fsp3) is 0.273. The molecule has 1 aliphatic heterocycles. The number of aromatic amines is 1. The number of methoxy groups -OCH3 is 1. The number of piperazine rings is 1. The Morgan fingerprint density at radius 3 is 2.72 bits per heavy atom. The van der Waals surface area contributed by atoms with Crippen molar-refractivity contribution in [1.82, 2.24) is 14.8 Å². The number of nitrogens with one attached hydrogen (secondary N) is 1. The van der Waals surface area contributed by atoms with E-state index in [1.54, 1.807) is 18.1 Å². The summed E-state index contributed by atoms with van der Waals surface area (Å²) < 4.78 is 5.22. The van der Waals surface area contributed by atoms with Gasteiger partial charge in [0.1, 0.15) is 18.0 Å². The van der Waals surface area contributed by atoms with Gasteiger partial charge in [-0.3, -0.25) is 9.59 Å². The van der Waals surface area contributed by atoms with E-state index in [4.69, 9.17) is 4.74 Å². The van der Waals surface area contributed by atoms with Crippen molar-refractivity contribution in [2.45, 2.75) is 12.6 Å². The Morgan fingerprint density at radius 2 is 2.00 bits per heavy atom. The summed E-state index contributed by atoms with van der Waals surface area (Å²) in [4.78, 5) is 32.0. The van der Waals surface area contributed by atoms with E-state index in [-0.39, 0.29) is 31.5 Å². The molecule has 0 radical (unpaired) electrons. The molecule has 2 heterocycles. The van der Waals surface area contributed by atoms with Crippen molar-refractivity contribution in [1.29, 1.82) is 0 Å². The Labute approximate surface area is 168 Å². The molecule has 4 rings (SSSR count). The SMILES string of the molecule is COc1ccc2[nH]c(C(=O)N3CC(=O)N(Cc4ccccc4)[C@@H](CO)C3)cc2c1. The van der Waals surface area contributed by atoms with Crippen molar-refractivity contribution in [2.75, 3.05) is 26.8 Å². The first kappa shape index (κ1) is 19.0. The van der Waals surface area contributed by atoms with Crippen LogP contribution in [0.2, 0.25) is 0 Å². The van der Waals surface area contributed by atoms with Crippen LogP contribution in [0, 0.1) is 0 Å². The summed E-state index contributed by atoms with van der Waals surface area (Å²) in [5.74, 6) is 0.275. The highest BCUT2D eigenvalue weighted by Crippen LogP contribution is 2.23. The monoisotopic (exact) mass is 393 g/mol. The lowest BCUT2D eigenvalue weighted by atomic mass is 10.1. The second kappa shape index (κ2) is 7.97. The fourth-order valence-electron chi connectivity index (χ4n) is 3.71. The number of carbonyl (C=O) groups excluding carboxylic acids is 2. The van der Waals surface area contributed by atoms with Gasteiger partial charge in [0.05, 0.1) is 19.8 Å². The lowest BCUT2D eigenvalue weighted by molar-refractivity contribution is -0.140. The number of H-pyrrole nitrogens is 1. The topological polar surface area (TPSA) is 85.9 Å². The van der Waals surface area contributed by atoms with Crippen molar-refractivity contribution >= 4 is 22.7 Å². The smallest absolute Gasteiger partial charge is 0.270 e. The number of hydrogen-bond donors (Lipinski definition) is 2. The lowest BCUT2D eigenvalue weighted by Crippen LogP contribution is -2.58. The second-order valence-electron chi connectivity index (χ2n) is 7.17. The van der Waals surface area contributed by atoms with Gasteiger partial charge in [-0.05, 0) is 29.8 Å². The van der Waals surface area contributed by atoms with Gasteiger partial charge in [0, 0.05) is 24.0 Å². The van der Waals surface area contributed by atoms with Crippen LogP contribution in [0.4, 0.5) is 0 Å². The van der Waals surface area contributed by atoms with Crippen molar-refractivity contribution in [3.8, 4) is 5.75 Å². The van der Waals surface area contributed by atoms with Crippen molar-refractivity contribution in [3.63, 3.8) is 0 Å². The number of ether oxygens (including phenoxy) is 1. The van der Waals surface area contributed by atoms with E-state index in [0.29, 0.717) is 18.0 Å². The number of aliphatic hydroxyl groups is 1. The van der Waals surface area contributed by atoms with Crippen LogP contribution in [0.5, 0.6) is 5.75 Å². The quantitative estimate of drug-likeness (QED) is 0.695. The molecule has 7 heteroatoms. The molecule has 29 heavy (non-hydrogen) atoms. The van der Waals surface area contributed by atoms with Gasteiger partial charge in [0.2, 0.25) is 5.91 Å². The molecule has 150 valence electrons. The molecule has 0 bridgehead atoms. The molecule has 0 spiro atoms. The predicted octanol–water partition coefficient (Wildman–Crippen LogP) is 2.02. The van der Waals surface area contributed by atoms with Gasteiger partial charge >= 0.3 is 0 Å². The fourth-order valence-corrected chi connectivity index (χ4v) is 3.71. The number of amides is 2. The van der Waals surface area contributed by atoms with Gasteiger partial charge in [-0.25, -0.2) is 0 Å². The lowest BCUT2D eigenvalue weighted by Gasteiger charge is -2.40. The number of hydrogen-bond acceptors (Lipinski definition) is 4. The molecule has 1 atom stereocenters. The molecular weight excluding hydrogens is 370 g/mol. The van der Waals surface area contributed by atoms with Crippen LogP contribution in [0.3, 0.4) is 0 Å². The summed E-state index contributed by atoms with van der Waals surface area (Å²) in [6.45, 7) is 0.485. The van der Waals surface area contributed by atoms with Gasteiger partial charge in [-0.15, -0.1) is 0 Å². The Hall–Kier alpha value is -3.32. The van der Waals surface area contributed by atoms with E-state index in [1.807, 2.05) is 48.5 Å². The third-order valence-electron chi connectivity index (χ3n) is 5.27.